The van der Waals surface area contributed by atoms with Crippen molar-refractivity contribution < 1.29 is 9.53 Å². The Morgan fingerprint density at radius 2 is 1.92 bits per heavy atom. The number of aromatic nitrogens is 2. The van der Waals surface area contributed by atoms with E-state index < -0.39 is 5.97 Å². The Bertz CT molecular complexity index is 915. The minimum atomic E-state index is -0.569. The molecule has 0 spiro atoms. The first kappa shape index (κ1) is 16.5. The molecule has 1 heterocycles. The van der Waals surface area contributed by atoms with Gasteiger partial charge in [0.2, 0.25) is 5.82 Å². The number of halogens is 2. The number of hydrogen-bond acceptors (Lipinski definition) is 5. The van der Waals surface area contributed by atoms with Crippen LogP contribution in [0.1, 0.15) is 17.5 Å². The van der Waals surface area contributed by atoms with Crippen LogP contribution >= 0.6 is 23.2 Å². The van der Waals surface area contributed by atoms with Crippen LogP contribution in [0.5, 0.6) is 0 Å². The molecule has 0 saturated heterocycles. The van der Waals surface area contributed by atoms with Crippen LogP contribution in [0.4, 0.5) is 11.5 Å². The second kappa shape index (κ2) is 7.03. The summed E-state index contributed by atoms with van der Waals surface area (Å²) in [6.45, 7) is 1.98. The Morgan fingerprint density at radius 3 is 2.67 bits per heavy atom. The molecule has 3 rings (SSSR count). The molecule has 0 aliphatic carbocycles. The van der Waals surface area contributed by atoms with Crippen LogP contribution in [0.25, 0.3) is 10.9 Å². The number of para-hydroxylation sites is 1. The highest BCUT2D eigenvalue weighted by Gasteiger charge is 2.15. The molecule has 5 nitrogen and oxygen atoms in total. The molecule has 0 atom stereocenters. The van der Waals surface area contributed by atoms with Crippen molar-refractivity contribution in [1.29, 1.82) is 0 Å². The van der Waals surface area contributed by atoms with E-state index in [1.54, 1.807) is 31.2 Å². The number of hydrogen-bond donors (Lipinski definition) is 1. The predicted molar refractivity (Wildman–Crippen MR) is 95.2 cm³/mol. The number of ether oxygens (including phenoxy) is 1. The van der Waals surface area contributed by atoms with E-state index in [1.807, 2.05) is 18.2 Å². The normalized spacial score (nSPS) is 10.6. The van der Waals surface area contributed by atoms with E-state index in [2.05, 4.69) is 15.3 Å². The van der Waals surface area contributed by atoms with E-state index in [9.17, 15) is 4.79 Å². The topological polar surface area (TPSA) is 64.1 Å². The molecule has 0 radical (unpaired) electrons. The summed E-state index contributed by atoms with van der Waals surface area (Å²) in [6, 6.07) is 12.5. The average molecular weight is 362 g/mol. The number of rotatable bonds is 4. The van der Waals surface area contributed by atoms with Gasteiger partial charge < -0.3 is 10.1 Å². The zero-order valence-electron chi connectivity index (χ0n) is 12.7. The zero-order valence-corrected chi connectivity index (χ0v) is 14.2. The van der Waals surface area contributed by atoms with Crippen molar-refractivity contribution in [2.75, 3.05) is 11.9 Å². The van der Waals surface area contributed by atoms with Crippen LogP contribution in [0.15, 0.2) is 42.5 Å². The van der Waals surface area contributed by atoms with Gasteiger partial charge in [-0.3, -0.25) is 0 Å². The van der Waals surface area contributed by atoms with Crippen molar-refractivity contribution in [3.8, 4) is 0 Å². The molecule has 0 fully saturated rings. The lowest BCUT2D eigenvalue weighted by Gasteiger charge is -2.11. The molecule has 0 unspecified atom stereocenters. The van der Waals surface area contributed by atoms with Crippen LogP contribution < -0.4 is 5.32 Å². The van der Waals surface area contributed by atoms with E-state index in [4.69, 9.17) is 27.9 Å². The molecular formula is C17H13Cl2N3O2. The number of nitrogens with zero attached hydrogens (tertiary/aromatic N) is 2. The summed E-state index contributed by atoms with van der Waals surface area (Å²) in [5.74, 6) is -0.0828. The van der Waals surface area contributed by atoms with Crippen molar-refractivity contribution in [1.82, 2.24) is 9.97 Å². The lowest BCUT2D eigenvalue weighted by atomic mass is 10.2. The number of anilines is 2. The van der Waals surface area contributed by atoms with Crippen LogP contribution in [0.3, 0.4) is 0 Å². The minimum Gasteiger partial charge on any atom is -0.460 e. The monoisotopic (exact) mass is 361 g/mol. The Morgan fingerprint density at radius 1 is 1.12 bits per heavy atom. The second-order valence-corrected chi connectivity index (χ2v) is 5.70. The number of nitrogens with one attached hydrogen (secondary N) is 1. The highest BCUT2D eigenvalue weighted by Crippen LogP contribution is 2.29. The third-order valence-electron chi connectivity index (χ3n) is 3.24. The molecule has 7 heteroatoms. The van der Waals surface area contributed by atoms with Crippen LogP contribution in [0.2, 0.25) is 10.0 Å². The molecule has 0 amide bonds. The van der Waals surface area contributed by atoms with Crippen LogP contribution in [0, 0.1) is 0 Å². The molecule has 1 aromatic heterocycles. The summed E-state index contributed by atoms with van der Waals surface area (Å²) in [7, 11) is 0. The third-order valence-corrected chi connectivity index (χ3v) is 3.98. The maximum absolute atomic E-state index is 12.0. The molecule has 122 valence electrons. The fraction of sp³-hybridized carbons (Fsp3) is 0.118. The molecule has 0 aliphatic rings. The molecule has 0 saturated carbocycles. The van der Waals surface area contributed by atoms with E-state index >= 15 is 0 Å². The minimum absolute atomic E-state index is 0.00175. The van der Waals surface area contributed by atoms with Gasteiger partial charge in [-0.2, -0.15) is 0 Å². The summed E-state index contributed by atoms with van der Waals surface area (Å²) in [4.78, 5) is 20.5. The lowest BCUT2D eigenvalue weighted by molar-refractivity contribution is 0.0512. The Hall–Kier alpha value is -2.37. The first-order chi connectivity index (χ1) is 11.6. The highest BCUT2D eigenvalue weighted by molar-refractivity contribution is 6.42. The van der Waals surface area contributed by atoms with E-state index in [0.717, 1.165) is 5.39 Å². The number of carbonyl (C=O) groups excluding carboxylic acids is 1. The Balaban J connectivity index is 2.07. The SMILES string of the molecule is CCOC(=O)c1nc(Nc2ccc(Cl)c(Cl)c2)c2ccccc2n1. The standard InChI is InChI=1S/C17H13Cl2N3O2/c1-2-24-17(23)16-21-14-6-4-3-5-11(14)15(22-16)20-10-7-8-12(18)13(19)9-10/h3-9H,2H2,1H3,(H,20,21,22). The largest absolute Gasteiger partial charge is 0.460 e. The lowest BCUT2D eigenvalue weighted by Crippen LogP contribution is -2.11. The first-order valence-corrected chi connectivity index (χ1v) is 8.00. The Kier molecular flexibility index (Phi) is 4.83. The molecule has 3 aromatic rings. The quantitative estimate of drug-likeness (QED) is 0.672. The molecule has 0 bridgehead atoms. The van der Waals surface area contributed by atoms with Gasteiger partial charge in [0, 0.05) is 11.1 Å². The average Bonchev–Trinajstić information content (AvgIpc) is 2.58. The number of esters is 1. The molecule has 0 aliphatic heterocycles. The Labute approximate surface area is 148 Å². The van der Waals surface area contributed by atoms with E-state index in [-0.39, 0.29) is 12.4 Å². The summed E-state index contributed by atoms with van der Waals surface area (Å²) >= 11 is 12.0. The van der Waals surface area contributed by atoms with Crippen molar-refractivity contribution in [2.24, 2.45) is 0 Å². The number of carbonyl (C=O) groups is 1. The van der Waals surface area contributed by atoms with Crippen molar-refractivity contribution in [3.05, 3.63) is 58.3 Å². The van der Waals surface area contributed by atoms with Crippen molar-refractivity contribution >= 4 is 51.6 Å². The summed E-state index contributed by atoms with van der Waals surface area (Å²) < 4.78 is 4.99. The van der Waals surface area contributed by atoms with Gasteiger partial charge in [-0.05, 0) is 37.3 Å². The van der Waals surface area contributed by atoms with Gasteiger partial charge in [0.15, 0.2) is 0 Å². The number of benzene rings is 2. The van der Waals surface area contributed by atoms with Crippen LogP contribution in [-0.4, -0.2) is 22.5 Å². The van der Waals surface area contributed by atoms with Gasteiger partial charge in [-0.1, -0.05) is 35.3 Å². The third kappa shape index (κ3) is 3.42. The molecule has 2 aromatic carbocycles. The van der Waals surface area contributed by atoms with Crippen molar-refractivity contribution in [2.45, 2.75) is 6.92 Å². The highest BCUT2D eigenvalue weighted by atomic mass is 35.5. The summed E-state index contributed by atoms with van der Waals surface area (Å²) in [5, 5.41) is 4.81. The molecule has 24 heavy (non-hydrogen) atoms. The van der Waals surface area contributed by atoms with Gasteiger partial charge in [0.1, 0.15) is 5.82 Å². The first-order valence-electron chi connectivity index (χ1n) is 7.24. The van der Waals surface area contributed by atoms with Gasteiger partial charge >= 0.3 is 5.97 Å². The molecule has 1 N–H and O–H groups in total. The van der Waals surface area contributed by atoms with Crippen LogP contribution in [-0.2, 0) is 4.74 Å². The fourth-order valence-electron chi connectivity index (χ4n) is 2.17. The van der Waals surface area contributed by atoms with E-state index in [0.29, 0.717) is 27.1 Å². The van der Waals surface area contributed by atoms with Gasteiger partial charge in [0.25, 0.3) is 0 Å². The molecular weight excluding hydrogens is 349 g/mol. The maximum atomic E-state index is 12.0. The summed E-state index contributed by atoms with van der Waals surface area (Å²) in [5.41, 5.74) is 1.33. The van der Waals surface area contributed by atoms with Crippen molar-refractivity contribution in [3.63, 3.8) is 0 Å². The zero-order chi connectivity index (χ0) is 17.1. The maximum Gasteiger partial charge on any atom is 0.376 e. The van der Waals surface area contributed by atoms with Gasteiger partial charge in [0.05, 0.1) is 22.2 Å². The van der Waals surface area contributed by atoms with Gasteiger partial charge in [-0.15, -0.1) is 0 Å². The summed E-state index contributed by atoms with van der Waals surface area (Å²) in [6.07, 6.45) is 0. The smallest absolute Gasteiger partial charge is 0.376 e. The number of fused-ring (bicyclic) bond motifs is 1. The fourth-order valence-corrected chi connectivity index (χ4v) is 2.47. The van der Waals surface area contributed by atoms with E-state index in [1.165, 1.54) is 0 Å². The second-order valence-electron chi connectivity index (χ2n) is 4.89. The van der Waals surface area contributed by atoms with Gasteiger partial charge in [-0.25, -0.2) is 14.8 Å². The predicted octanol–water partition coefficient (Wildman–Crippen LogP) is 4.86.